The van der Waals surface area contributed by atoms with Gasteiger partial charge in [0.1, 0.15) is 5.69 Å². The van der Waals surface area contributed by atoms with Gasteiger partial charge < -0.3 is 14.3 Å². The van der Waals surface area contributed by atoms with E-state index in [9.17, 15) is 9.59 Å². The van der Waals surface area contributed by atoms with Gasteiger partial charge >= 0.3 is 0 Å². The van der Waals surface area contributed by atoms with Crippen LogP contribution in [0.3, 0.4) is 0 Å². The monoisotopic (exact) mass is 388 g/mol. The first kappa shape index (κ1) is 17.6. The minimum Gasteiger partial charge on any atom is -0.351 e. The van der Waals surface area contributed by atoms with E-state index in [2.05, 4.69) is 10.1 Å². The Morgan fingerprint density at radius 2 is 1.72 bits per heavy atom. The maximum absolute atomic E-state index is 13.2. The maximum Gasteiger partial charge on any atom is 0.292 e. The summed E-state index contributed by atoms with van der Waals surface area (Å²) in [5.74, 6) is 0.410. The van der Waals surface area contributed by atoms with Gasteiger partial charge in [-0.25, -0.2) is 0 Å². The van der Waals surface area contributed by atoms with Crippen molar-refractivity contribution in [3.05, 3.63) is 84.0 Å². The van der Waals surface area contributed by atoms with Crippen LogP contribution in [0.15, 0.2) is 71.5 Å². The Balaban J connectivity index is 1.44. The van der Waals surface area contributed by atoms with Crippen molar-refractivity contribution in [2.75, 3.05) is 19.6 Å². The van der Waals surface area contributed by atoms with Crippen molar-refractivity contribution in [3.8, 4) is 0 Å². The number of likely N-dealkylation sites (tertiary alicyclic amines) is 2. The predicted octanol–water partition coefficient (Wildman–Crippen LogP) is 2.66. The highest BCUT2D eigenvalue weighted by molar-refractivity contribution is 5.93. The summed E-state index contributed by atoms with van der Waals surface area (Å²) in [5, 5.41) is 3.64. The third-order valence-electron chi connectivity index (χ3n) is 5.89. The van der Waals surface area contributed by atoms with Gasteiger partial charge in [-0.1, -0.05) is 41.6 Å². The van der Waals surface area contributed by atoms with Gasteiger partial charge in [-0.05, 0) is 17.7 Å². The molecular formula is C22H20N4O3. The van der Waals surface area contributed by atoms with Crippen molar-refractivity contribution in [2.24, 2.45) is 11.8 Å². The standard InChI is InChI=1S/C22H20N4O3/c27-21(18-8-4-5-10-23-18)26-13-16-12-25(22(28)19-9-11-24-29-19)14-17(16)20(26)15-6-2-1-3-7-15/h1-11,16-17,20H,12-14H2/t16-,17-,20+/m0/s1. The molecule has 2 amide bonds. The number of carbonyl (C=O) groups is 2. The van der Waals surface area contributed by atoms with E-state index in [1.807, 2.05) is 46.2 Å². The molecule has 0 saturated carbocycles. The third kappa shape index (κ3) is 3.08. The fraction of sp³-hybridized carbons (Fsp3) is 0.273. The molecule has 2 aliphatic heterocycles. The van der Waals surface area contributed by atoms with Crippen LogP contribution >= 0.6 is 0 Å². The van der Waals surface area contributed by atoms with Gasteiger partial charge in [0.2, 0.25) is 5.76 Å². The number of carbonyl (C=O) groups excluding carboxylic acids is 2. The fourth-order valence-electron chi connectivity index (χ4n) is 4.62. The number of aromatic nitrogens is 2. The minimum absolute atomic E-state index is 0.0676. The van der Waals surface area contributed by atoms with E-state index in [1.54, 1.807) is 24.4 Å². The summed E-state index contributed by atoms with van der Waals surface area (Å²) >= 11 is 0. The second-order valence-electron chi connectivity index (χ2n) is 7.54. The van der Waals surface area contributed by atoms with E-state index < -0.39 is 0 Å². The molecule has 29 heavy (non-hydrogen) atoms. The highest BCUT2D eigenvalue weighted by Crippen LogP contribution is 2.45. The van der Waals surface area contributed by atoms with Crippen LogP contribution < -0.4 is 0 Å². The molecule has 7 heteroatoms. The maximum atomic E-state index is 13.2. The molecule has 2 aromatic heterocycles. The zero-order valence-electron chi connectivity index (χ0n) is 15.7. The summed E-state index contributed by atoms with van der Waals surface area (Å²) in [5.41, 5.74) is 1.53. The van der Waals surface area contributed by atoms with E-state index in [4.69, 9.17) is 4.52 Å². The van der Waals surface area contributed by atoms with Crippen LogP contribution in [0, 0.1) is 11.8 Å². The van der Waals surface area contributed by atoms with Gasteiger partial charge in [0.05, 0.1) is 12.2 Å². The Morgan fingerprint density at radius 1 is 0.897 bits per heavy atom. The molecular weight excluding hydrogens is 368 g/mol. The highest BCUT2D eigenvalue weighted by atomic mass is 16.5. The lowest BCUT2D eigenvalue weighted by atomic mass is 9.89. The van der Waals surface area contributed by atoms with Gasteiger partial charge in [-0.2, -0.15) is 0 Å². The number of nitrogens with zero attached hydrogens (tertiary/aromatic N) is 4. The first-order valence-corrected chi connectivity index (χ1v) is 9.69. The zero-order chi connectivity index (χ0) is 19.8. The number of benzene rings is 1. The van der Waals surface area contributed by atoms with Gasteiger partial charge in [0.15, 0.2) is 0 Å². The number of rotatable bonds is 3. The van der Waals surface area contributed by atoms with Crippen LogP contribution in [0.5, 0.6) is 0 Å². The molecule has 146 valence electrons. The molecule has 1 aromatic carbocycles. The van der Waals surface area contributed by atoms with Crippen molar-refractivity contribution >= 4 is 11.8 Å². The van der Waals surface area contributed by atoms with E-state index in [0.29, 0.717) is 25.3 Å². The molecule has 3 aromatic rings. The Bertz CT molecular complexity index is 1010. The van der Waals surface area contributed by atoms with Gasteiger partial charge in [0.25, 0.3) is 11.8 Å². The second-order valence-corrected chi connectivity index (χ2v) is 7.54. The van der Waals surface area contributed by atoms with Gasteiger partial charge in [0, 0.05) is 43.7 Å². The summed E-state index contributed by atoms with van der Waals surface area (Å²) in [6.45, 7) is 1.77. The Hall–Kier alpha value is -3.48. The Labute approximate surface area is 167 Å². The van der Waals surface area contributed by atoms with Crippen LogP contribution in [0.1, 0.15) is 32.6 Å². The molecule has 0 spiro atoms. The molecule has 7 nitrogen and oxygen atoms in total. The first-order chi connectivity index (χ1) is 14.2. The number of hydrogen-bond acceptors (Lipinski definition) is 5. The molecule has 0 radical (unpaired) electrons. The molecule has 2 saturated heterocycles. The topological polar surface area (TPSA) is 79.5 Å². The lowest BCUT2D eigenvalue weighted by Gasteiger charge is -2.29. The number of fused-ring (bicyclic) bond motifs is 1. The molecule has 0 bridgehead atoms. The summed E-state index contributed by atoms with van der Waals surface area (Å²) in [6, 6.07) is 16.9. The third-order valence-corrected chi connectivity index (χ3v) is 5.89. The van der Waals surface area contributed by atoms with E-state index >= 15 is 0 Å². The van der Waals surface area contributed by atoms with Gasteiger partial charge in [-0.15, -0.1) is 0 Å². The molecule has 3 atom stereocenters. The van der Waals surface area contributed by atoms with Crippen molar-refractivity contribution in [1.29, 1.82) is 0 Å². The SMILES string of the molecule is O=C(c1ccno1)N1C[C@H]2CN(C(=O)c3ccccn3)[C@H](c3ccccc3)[C@H]2C1. The summed E-state index contributed by atoms with van der Waals surface area (Å²) in [4.78, 5) is 33.9. The molecule has 2 fully saturated rings. The van der Waals surface area contributed by atoms with Crippen molar-refractivity contribution in [1.82, 2.24) is 19.9 Å². The second kappa shape index (κ2) is 7.16. The van der Waals surface area contributed by atoms with Gasteiger partial charge in [-0.3, -0.25) is 14.6 Å². The molecule has 0 unspecified atom stereocenters. The zero-order valence-corrected chi connectivity index (χ0v) is 15.7. The lowest BCUT2D eigenvalue weighted by Crippen LogP contribution is -2.37. The minimum atomic E-state index is -0.147. The van der Waals surface area contributed by atoms with Crippen molar-refractivity contribution in [3.63, 3.8) is 0 Å². The summed E-state index contributed by atoms with van der Waals surface area (Å²) < 4.78 is 5.04. The average Bonchev–Trinajstić information content (AvgIpc) is 3.50. The number of pyridine rings is 1. The number of hydrogen-bond donors (Lipinski definition) is 0. The highest BCUT2D eigenvalue weighted by Gasteiger charge is 2.50. The predicted molar refractivity (Wildman–Crippen MR) is 104 cm³/mol. The normalized spacial score (nSPS) is 23.2. The van der Waals surface area contributed by atoms with E-state index in [1.165, 1.54) is 6.20 Å². The molecule has 0 aliphatic carbocycles. The van der Waals surface area contributed by atoms with Crippen LogP contribution in [-0.2, 0) is 0 Å². The van der Waals surface area contributed by atoms with Crippen molar-refractivity contribution in [2.45, 2.75) is 6.04 Å². The van der Waals surface area contributed by atoms with Crippen molar-refractivity contribution < 1.29 is 14.1 Å². The quantitative estimate of drug-likeness (QED) is 0.689. The molecule has 0 N–H and O–H groups in total. The molecule has 4 heterocycles. The largest absolute Gasteiger partial charge is 0.351 e. The van der Waals surface area contributed by atoms with Crippen LogP contribution in [0.4, 0.5) is 0 Å². The lowest BCUT2D eigenvalue weighted by molar-refractivity contribution is 0.0658. The molecule has 2 aliphatic rings. The van der Waals surface area contributed by atoms with E-state index in [0.717, 1.165) is 5.56 Å². The Morgan fingerprint density at radius 3 is 2.45 bits per heavy atom. The van der Waals surface area contributed by atoms with Crippen LogP contribution in [-0.4, -0.2) is 51.4 Å². The number of amides is 2. The smallest absolute Gasteiger partial charge is 0.292 e. The first-order valence-electron chi connectivity index (χ1n) is 9.69. The van der Waals surface area contributed by atoms with E-state index in [-0.39, 0.29) is 35.5 Å². The Kier molecular flexibility index (Phi) is 4.35. The summed E-state index contributed by atoms with van der Waals surface area (Å²) in [6.07, 6.45) is 3.11. The van der Waals surface area contributed by atoms with Crippen LogP contribution in [0.25, 0.3) is 0 Å². The molecule has 5 rings (SSSR count). The average molecular weight is 388 g/mol. The fourth-order valence-corrected chi connectivity index (χ4v) is 4.62. The van der Waals surface area contributed by atoms with Crippen LogP contribution in [0.2, 0.25) is 0 Å². The summed E-state index contributed by atoms with van der Waals surface area (Å²) in [7, 11) is 0.